The lowest BCUT2D eigenvalue weighted by Crippen LogP contribution is -2.38. The number of rotatable bonds is 7. The van der Waals surface area contributed by atoms with E-state index in [1.165, 1.54) is 16.8 Å². The molecule has 2 aromatic rings. The fourth-order valence-corrected chi connectivity index (χ4v) is 3.05. The highest BCUT2D eigenvalue weighted by atomic mass is 15.3. The van der Waals surface area contributed by atoms with Gasteiger partial charge in [0, 0.05) is 50.8 Å². The smallest absolute Gasteiger partial charge is 0.191 e. The summed E-state index contributed by atoms with van der Waals surface area (Å²) in [6.45, 7) is 8.07. The number of guanidine groups is 1. The van der Waals surface area contributed by atoms with E-state index in [1.807, 2.05) is 24.1 Å². The molecule has 2 heterocycles. The summed E-state index contributed by atoms with van der Waals surface area (Å²) in [7, 11) is 3.82. The second-order valence-electron chi connectivity index (χ2n) is 6.19. The topological polar surface area (TPSA) is 67.1 Å². The van der Waals surface area contributed by atoms with Crippen LogP contribution in [-0.4, -0.2) is 34.3 Å². The van der Waals surface area contributed by atoms with Gasteiger partial charge in [-0.05, 0) is 36.5 Å². The summed E-state index contributed by atoms with van der Waals surface area (Å²) >= 11 is 0. The molecule has 0 aliphatic carbocycles. The molecule has 0 aliphatic rings. The molecule has 2 aromatic heterocycles. The molecule has 6 heteroatoms. The summed E-state index contributed by atoms with van der Waals surface area (Å²) in [6, 6.07) is 4.11. The average molecular weight is 342 g/mol. The molecule has 0 spiro atoms. The highest BCUT2D eigenvalue weighted by molar-refractivity contribution is 5.79. The van der Waals surface area contributed by atoms with Crippen LogP contribution in [0.5, 0.6) is 0 Å². The molecule has 25 heavy (non-hydrogen) atoms. The second kappa shape index (κ2) is 9.20. The fourth-order valence-electron chi connectivity index (χ4n) is 3.05. The molecule has 0 radical (unpaired) electrons. The second-order valence-corrected chi connectivity index (χ2v) is 6.19. The Balaban J connectivity index is 1.95. The zero-order valence-electron chi connectivity index (χ0n) is 16.0. The molecule has 136 valence electrons. The summed E-state index contributed by atoms with van der Waals surface area (Å²) in [6.07, 6.45) is 5.58. The van der Waals surface area contributed by atoms with Crippen molar-refractivity contribution >= 4 is 5.96 Å². The van der Waals surface area contributed by atoms with Gasteiger partial charge in [0.25, 0.3) is 0 Å². The van der Waals surface area contributed by atoms with Gasteiger partial charge < -0.3 is 10.6 Å². The Morgan fingerprint density at radius 3 is 2.52 bits per heavy atom. The van der Waals surface area contributed by atoms with E-state index in [0.29, 0.717) is 5.92 Å². The lowest BCUT2D eigenvalue weighted by molar-refractivity contribution is 0.693. The van der Waals surface area contributed by atoms with Crippen molar-refractivity contribution in [3.05, 3.63) is 47.0 Å². The van der Waals surface area contributed by atoms with Crippen molar-refractivity contribution in [1.82, 2.24) is 25.4 Å². The zero-order valence-corrected chi connectivity index (χ0v) is 16.0. The molecule has 6 nitrogen and oxygen atoms in total. The lowest BCUT2D eigenvalue weighted by Gasteiger charge is -2.16. The molecule has 2 rings (SSSR count). The van der Waals surface area contributed by atoms with Gasteiger partial charge in [-0.2, -0.15) is 5.10 Å². The van der Waals surface area contributed by atoms with Gasteiger partial charge in [0.1, 0.15) is 0 Å². The number of nitrogens with zero attached hydrogens (tertiary/aromatic N) is 4. The number of hydrogen-bond donors (Lipinski definition) is 2. The van der Waals surface area contributed by atoms with E-state index in [4.69, 9.17) is 0 Å². The van der Waals surface area contributed by atoms with E-state index in [0.717, 1.165) is 37.6 Å². The van der Waals surface area contributed by atoms with Crippen LogP contribution in [-0.2, 0) is 26.4 Å². The Hall–Kier alpha value is -2.37. The Morgan fingerprint density at radius 1 is 1.20 bits per heavy atom. The first-order valence-corrected chi connectivity index (χ1v) is 8.98. The van der Waals surface area contributed by atoms with Crippen molar-refractivity contribution in [1.29, 1.82) is 0 Å². The van der Waals surface area contributed by atoms with Crippen LogP contribution in [0.4, 0.5) is 0 Å². The monoisotopic (exact) mass is 342 g/mol. The summed E-state index contributed by atoms with van der Waals surface area (Å²) in [5, 5.41) is 11.5. The van der Waals surface area contributed by atoms with Crippen LogP contribution in [0, 0.1) is 0 Å². The van der Waals surface area contributed by atoms with Gasteiger partial charge in [0.2, 0.25) is 0 Å². The first-order valence-electron chi connectivity index (χ1n) is 8.98. The van der Waals surface area contributed by atoms with Crippen LogP contribution in [0.3, 0.4) is 0 Å². The van der Waals surface area contributed by atoms with Crippen LogP contribution < -0.4 is 10.6 Å². The van der Waals surface area contributed by atoms with E-state index < -0.39 is 0 Å². The number of aromatic nitrogens is 3. The predicted octanol–water partition coefficient (Wildman–Crippen LogP) is 2.41. The van der Waals surface area contributed by atoms with Crippen molar-refractivity contribution in [3.63, 3.8) is 0 Å². The van der Waals surface area contributed by atoms with Crippen molar-refractivity contribution in [2.45, 2.75) is 46.1 Å². The highest BCUT2D eigenvalue weighted by Crippen LogP contribution is 2.15. The molecule has 2 N–H and O–H groups in total. The maximum Gasteiger partial charge on any atom is 0.191 e. The largest absolute Gasteiger partial charge is 0.356 e. The number of pyridine rings is 1. The summed E-state index contributed by atoms with van der Waals surface area (Å²) in [5.74, 6) is 1.20. The molecule has 0 fully saturated rings. The van der Waals surface area contributed by atoms with E-state index in [-0.39, 0.29) is 0 Å². The third-order valence-corrected chi connectivity index (χ3v) is 4.53. The summed E-state index contributed by atoms with van der Waals surface area (Å²) in [4.78, 5) is 8.41. The van der Waals surface area contributed by atoms with Crippen LogP contribution in [0.25, 0.3) is 0 Å². The first-order chi connectivity index (χ1) is 12.1. The average Bonchev–Trinajstić information content (AvgIpc) is 2.96. The number of aliphatic imine (C=N–C) groups is 1. The Bertz CT molecular complexity index is 689. The first kappa shape index (κ1) is 19.0. The van der Waals surface area contributed by atoms with Crippen LogP contribution >= 0.6 is 0 Å². The van der Waals surface area contributed by atoms with E-state index in [9.17, 15) is 0 Å². The lowest BCUT2D eigenvalue weighted by atomic mass is 10.0. The third-order valence-electron chi connectivity index (χ3n) is 4.53. The highest BCUT2D eigenvalue weighted by Gasteiger charge is 2.14. The zero-order chi connectivity index (χ0) is 18.2. The van der Waals surface area contributed by atoms with Crippen LogP contribution in [0.15, 0.2) is 29.5 Å². The Kier molecular flexibility index (Phi) is 6.98. The van der Waals surface area contributed by atoms with E-state index in [1.54, 1.807) is 7.05 Å². The number of aryl methyl sites for hydroxylation is 2. The van der Waals surface area contributed by atoms with Crippen LogP contribution in [0.2, 0.25) is 0 Å². The number of hydrogen-bond acceptors (Lipinski definition) is 3. The SMILES string of the molecule is CCc1nn(C)c(CC)c1CNC(=NC)NCC(C)c1ccncc1. The number of nitrogens with one attached hydrogen (secondary N) is 2. The van der Waals surface area contributed by atoms with Gasteiger partial charge in [-0.15, -0.1) is 0 Å². The minimum atomic E-state index is 0.386. The van der Waals surface area contributed by atoms with E-state index >= 15 is 0 Å². The molecule has 1 atom stereocenters. The third kappa shape index (κ3) is 4.81. The fraction of sp³-hybridized carbons (Fsp3) is 0.526. The van der Waals surface area contributed by atoms with Gasteiger partial charge in [-0.25, -0.2) is 0 Å². The minimum absolute atomic E-state index is 0.386. The maximum atomic E-state index is 4.63. The molecule has 0 aromatic carbocycles. The molecule has 1 unspecified atom stereocenters. The predicted molar refractivity (Wildman–Crippen MR) is 103 cm³/mol. The normalized spacial score (nSPS) is 12.9. The van der Waals surface area contributed by atoms with Crippen molar-refractivity contribution in [2.24, 2.45) is 12.0 Å². The van der Waals surface area contributed by atoms with E-state index in [2.05, 4.69) is 58.6 Å². The van der Waals surface area contributed by atoms with Gasteiger partial charge in [0.15, 0.2) is 5.96 Å². The van der Waals surface area contributed by atoms with Gasteiger partial charge in [0.05, 0.1) is 5.69 Å². The van der Waals surface area contributed by atoms with Crippen molar-refractivity contribution < 1.29 is 0 Å². The molecule has 0 saturated heterocycles. The Labute approximate surface area is 150 Å². The molecule has 0 aliphatic heterocycles. The minimum Gasteiger partial charge on any atom is -0.356 e. The Morgan fingerprint density at radius 2 is 1.92 bits per heavy atom. The molecular formula is C19H30N6. The summed E-state index contributed by atoms with van der Waals surface area (Å²) < 4.78 is 2.00. The summed E-state index contributed by atoms with van der Waals surface area (Å²) in [5.41, 5.74) is 5.00. The molecule has 0 saturated carbocycles. The van der Waals surface area contributed by atoms with Gasteiger partial charge in [-0.3, -0.25) is 14.7 Å². The van der Waals surface area contributed by atoms with Gasteiger partial charge in [-0.1, -0.05) is 20.8 Å². The standard InChI is InChI=1S/C19H30N6/c1-6-17-16(18(7-2)25(5)24-17)13-23-19(20-4)22-12-14(3)15-8-10-21-11-9-15/h8-11,14H,6-7,12-13H2,1-5H3,(H2,20,22,23). The van der Waals surface area contributed by atoms with Gasteiger partial charge >= 0.3 is 0 Å². The molecule has 0 bridgehead atoms. The quantitative estimate of drug-likeness (QED) is 0.599. The molecule has 0 amide bonds. The van der Waals surface area contributed by atoms with Crippen LogP contribution in [0.1, 0.15) is 49.2 Å². The maximum absolute atomic E-state index is 4.63. The van der Waals surface area contributed by atoms with Crippen molar-refractivity contribution in [3.8, 4) is 0 Å². The molecular weight excluding hydrogens is 312 g/mol. The van der Waals surface area contributed by atoms with Crippen molar-refractivity contribution in [2.75, 3.05) is 13.6 Å².